The molecule has 0 aromatic heterocycles. The molecule has 0 heterocycles. The standard InChI is InChI=1S/C13H21ClN2O4/c1-3-11(17)15-7-9-19-13(5-6-14)20-10-8-16-12(18)4-2/h3-4,13H,1-2,5-10H2,(H,15,17)(H,16,18). The van der Waals surface area contributed by atoms with Crippen LogP contribution < -0.4 is 10.6 Å². The van der Waals surface area contributed by atoms with Crippen LogP contribution in [0.2, 0.25) is 0 Å². The molecular weight excluding hydrogens is 284 g/mol. The van der Waals surface area contributed by atoms with E-state index < -0.39 is 6.29 Å². The summed E-state index contributed by atoms with van der Waals surface area (Å²) in [5.74, 6) is -0.117. The van der Waals surface area contributed by atoms with E-state index in [1.807, 2.05) is 0 Å². The minimum atomic E-state index is -0.464. The summed E-state index contributed by atoms with van der Waals surface area (Å²) in [7, 11) is 0. The van der Waals surface area contributed by atoms with Crippen molar-refractivity contribution in [2.75, 3.05) is 32.2 Å². The summed E-state index contributed by atoms with van der Waals surface area (Å²) < 4.78 is 10.8. The van der Waals surface area contributed by atoms with E-state index in [0.29, 0.717) is 38.6 Å². The smallest absolute Gasteiger partial charge is 0.243 e. The van der Waals surface area contributed by atoms with Gasteiger partial charge < -0.3 is 20.1 Å². The highest BCUT2D eigenvalue weighted by atomic mass is 35.5. The second-order valence-electron chi connectivity index (χ2n) is 3.64. The monoisotopic (exact) mass is 304 g/mol. The highest BCUT2D eigenvalue weighted by molar-refractivity contribution is 6.17. The summed E-state index contributed by atoms with van der Waals surface area (Å²) >= 11 is 5.64. The summed E-state index contributed by atoms with van der Waals surface area (Å²) in [6, 6.07) is 0. The van der Waals surface area contributed by atoms with Gasteiger partial charge in [-0.25, -0.2) is 0 Å². The predicted molar refractivity (Wildman–Crippen MR) is 77.4 cm³/mol. The fraction of sp³-hybridized carbons (Fsp3) is 0.538. The molecule has 7 heteroatoms. The number of halogens is 1. The lowest BCUT2D eigenvalue weighted by Gasteiger charge is -2.17. The third-order valence-corrected chi connectivity index (χ3v) is 2.34. The fourth-order valence-corrected chi connectivity index (χ4v) is 1.36. The van der Waals surface area contributed by atoms with Crippen LogP contribution in [0.5, 0.6) is 0 Å². The van der Waals surface area contributed by atoms with Gasteiger partial charge in [-0.2, -0.15) is 0 Å². The second-order valence-corrected chi connectivity index (χ2v) is 4.02. The first-order chi connectivity index (χ1) is 9.63. The van der Waals surface area contributed by atoms with Gasteiger partial charge in [0.2, 0.25) is 11.8 Å². The molecule has 0 spiro atoms. The Bertz CT molecular complexity index is 295. The highest BCUT2D eigenvalue weighted by Crippen LogP contribution is 2.02. The third-order valence-electron chi connectivity index (χ3n) is 2.13. The molecule has 0 saturated carbocycles. The topological polar surface area (TPSA) is 76.7 Å². The van der Waals surface area contributed by atoms with Gasteiger partial charge in [-0.05, 0) is 12.2 Å². The lowest BCUT2D eigenvalue weighted by atomic mass is 10.4. The third kappa shape index (κ3) is 10.5. The Kier molecular flexibility index (Phi) is 11.8. The number of carbonyl (C=O) groups excluding carboxylic acids is 2. The van der Waals surface area contributed by atoms with Crippen LogP contribution in [-0.2, 0) is 19.1 Å². The van der Waals surface area contributed by atoms with E-state index in [2.05, 4.69) is 23.8 Å². The van der Waals surface area contributed by atoms with E-state index >= 15 is 0 Å². The van der Waals surface area contributed by atoms with Crippen molar-refractivity contribution in [3.63, 3.8) is 0 Å². The molecule has 2 N–H and O–H groups in total. The SMILES string of the molecule is C=CC(=O)NCCOC(CCCl)OCCNC(=O)C=C. The molecule has 2 amide bonds. The molecule has 114 valence electrons. The zero-order valence-electron chi connectivity index (χ0n) is 11.4. The minimum Gasteiger partial charge on any atom is -0.351 e. The maximum absolute atomic E-state index is 10.9. The maximum Gasteiger partial charge on any atom is 0.243 e. The van der Waals surface area contributed by atoms with E-state index in [1.165, 1.54) is 12.2 Å². The summed E-state index contributed by atoms with van der Waals surface area (Å²) in [6.07, 6.45) is 2.44. The first-order valence-corrected chi connectivity index (χ1v) is 6.77. The molecule has 0 radical (unpaired) electrons. The van der Waals surface area contributed by atoms with Crippen LogP contribution in [0.3, 0.4) is 0 Å². The van der Waals surface area contributed by atoms with E-state index in [4.69, 9.17) is 21.1 Å². The average Bonchev–Trinajstić information content (AvgIpc) is 2.46. The molecule has 20 heavy (non-hydrogen) atoms. The number of nitrogens with one attached hydrogen (secondary N) is 2. The van der Waals surface area contributed by atoms with Gasteiger partial charge in [0.15, 0.2) is 6.29 Å². The fourth-order valence-electron chi connectivity index (χ4n) is 1.18. The number of ether oxygens (including phenoxy) is 2. The van der Waals surface area contributed by atoms with Gasteiger partial charge in [-0.3, -0.25) is 9.59 Å². The molecule has 0 aliphatic carbocycles. The van der Waals surface area contributed by atoms with Crippen molar-refractivity contribution >= 4 is 23.4 Å². The van der Waals surface area contributed by atoms with E-state index in [-0.39, 0.29) is 11.8 Å². The molecule has 0 aliphatic rings. The normalized spacial score (nSPS) is 10.1. The van der Waals surface area contributed by atoms with Crippen molar-refractivity contribution in [2.45, 2.75) is 12.7 Å². The van der Waals surface area contributed by atoms with Gasteiger partial charge in [-0.15, -0.1) is 11.6 Å². The Morgan fingerprint density at radius 2 is 1.50 bits per heavy atom. The number of hydrogen-bond acceptors (Lipinski definition) is 4. The largest absolute Gasteiger partial charge is 0.351 e. The molecule has 6 nitrogen and oxygen atoms in total. The van der Waals surface area contributed by atoms with E-state index in [9.17, 15) is 9.59 Å². The molecule has 0 bridgehead atoms. The Balaban J connectivity index is 3.74. The van der Waals surface area contributed by atoms with Crippen molar-refractivity contribution in [3.8, 4) is 0 Å². The van der Waals surface area contributed by atoms with Gasteiger partial charge in [-0.1, -0.05) is 13.2 Å². The second kappa shape index (κ2) is 12.7. The molecule has 0 rings (SSSR count). The van der Waals surface area contributed by atoms with Crippen LogP contribution in [0.1, 0.15) is 6.42 Å². The summed E-state index contributed by atoms with van der Waals surface area (Å²) in [4.78, 5) is 21.8. The van der Waals surface area contributed by atoms with E-state index in [1.54, 1.807) is 0 Å². The Morgan fingerprint density at radius 3 is 1.85 bits per heavy atom. The quantitative estimate of drug-likeness (QED) is 0.239. The number of alkyl halides is 1. The number of rotatable bonds is 12. The average molecular weight is 305 g/mol. The molecule has 0 saturated heterocycles. The predicted octanol–water partition coefficient (Wildman–Crippen LogP) is 0.579. The van der Waals surface area contributed by atoms with Crippen LogP contribution in [-0.4, -0.2) is 50.3 Å². The first kappa shape index (κ1) is 18.6. The van der Waals surface area contributed by atoms with Crippen LogP contribution in [0.15, 0.2) is 25.3 Å². The molecule has 0 aromatic carbocycles. The Hall–Kier alpha value is -1.37. The minimum absolute atomic E-state index is 0.254. The maximum atomic E-state index is 10.9. The lowest BCUT2D eigenvalue weighted by molar-refractivity contribution is -0.143. The number of carbonyl (C=O) groups is 2. The van der Waals surface area contributed by atoms with Crippen molar-refractivity contribution in [1.29, 1.82) is 0 Å². The first-order valence-electron chi connectivity index (χ1n) is 6.23. The van der Waals surface area contributed by atoms with Gasteiger partial charge in [0, 0.05) is 25.4 Å². The summed E-state index contributed by atoms with van der Waals surface area (Å²) in [6.45, 7) is 8.01. The van der Waals surface area contributed by atoms with Crippen molar-refractivity contribution in [2.24, 2.45) is 0 Å². The van der Waals surface area contributed by atoms with Crippen LogP contribution in [0.4, 0.5) is 0 Å². The molecule has 0 aliphatic heterocycles. The summed E-state index contributed by atoms with van der Waals surface area (Å²) in [5.41, 5.74) is 0. The Morgan fingerprint density at radius 1 is 1.05 bits per heavy atom. The summed E-state index contributed by atoms with van der Waals surface area (Å²) in [5, 5.41) is 5.16. The lowest BCUT2D eigenvalue weighted by Crippen LogP contribution is -2.31. The van der Waals surface area contributed by atoms with Crippen LogP contribution >= 0.6 is 11.6 Å². The van der Waals surface area contributed by atoms with Crippen molar-refractivity contribution in [3.05, 3.63) is 25.3 Å². The molecule has 0 aromatic rings. The van der Waals surface area contributed by atoms with Crippen LogP contribution in [0, 0.1) is 0 Å². The highest BCUT2D eigenvalue weighted by Gasteiger charge is 2.08. The van der Waals surface area contributed by atoms with Gasteiger partial charge in [0.1, 0.15) is 0 Å². The van der Waals surface area contributed by atoms with Gasteiger partial charge in [0.05, 0.1) is 13.2 Å². The van der Waals surface area contributed by atoms with Gasteiger partial charge in [0.25, 0.3) is 0 Å². The van der Waals surface area contributed by atoms with E-state index in [0.717, 1.165) is 0 Å². The zero-order chi connectivity index (χ0) is 15.2. The molecule has 0 fully saturated rings. The van der Waals surface area contributed by atoms with Crippen LogP contribution in [0.25, 0.3) is 0 Å². The van der Waals surface area contributed by atoms with Crippen molar-refractivity contribution in [1.82, 2.24) is 10.6 Å². The molecule has 0 unspecified atom stereocenters. The number of amides is 2. The van der Waals surface area contributed by atoms with Gasteiger partial charge >= 0.3 is 0 Å². The zero-order valence-corrected chi connectivity index (χ0v) is 12.2. The molecular formula is C13H21ClN2O4. The number of hydrogen-bond donors (Lipinski definition) is 2. The Labute approximate surface area is 124 Å². The molecule has 0 atom stereocenters. The van der Waals surface area contributed by atoms with Crippen molar-refractivity contribution < 1.29 is 19.1 Å².